The van der Waals surface area contributed by atoms with E-state index < -0.39 is 15.8 Å². The van der Waals surface area contributed by atoms with E-state index >= 15 is 0 Å². The minimum Gasteiger partial charge on any atom is -0.476 e. The average molecular weight is 361 g/mol. The summed E-state index contributed by atoms with van der Waals surface area (Å²) < 4.78 is 30.8. The van der Waals surface area contributed by atoms with E-state index in [-0.39, 0.29) is 28.8 Å². The van der Waals surface area contributed by atoms with Crippen molar-refractivity contribution in [3.8, 4) is 11.5 Å². The molecule has 1 aliphatic rings. The average Bonchev–Trinajstić information content (AvgIpc) is 3.24. The molecule has 1 saturated heterocycles. The van der Waals surface area contributed by atoms with E-state index in [9.17, 15) is 18.3 Å². The zero-order chi connectivity index (χ0) is 17.8. The number of aryl methyl sites for hydroxylation is 1. The standard InChI is InChI=1S/C16H15N3O5S/c1-9-17-14-12(19(9)10-4-6-25(22,23)8-10)7-11(13-3-2-5-24-13)18-15(14)16(20)21/h2-3,5,7,10H,4,6,8H2,1H3,(H,20,21). The lowest BCUT2D eigenvalue weighted by Crippen LogP contribution is -2.12. The van der Waals surface area contributed by atoms with Crippen LogP contribution in [0.25, 0.3) is 22.5 Å². The van der Waals surface area contributed by atoms with Gasteiger partial charge in [-0.1, -0.05) is 0 Å². The van der Waals surface area contributed by atoms with Crippen LogP contribution in [0.5, 0.6) is 0 Å². The summed E-state index contributed by atoms with van der Waals surface area (Å²) in [5, 5.41) is 9.52. The Bertz CT molecular complexity index is 1080. The van der Waals surface area contributed by atoms with Crippen LogP contribution in [-0.4, -0.2) is 45.5 Å². The van der Waals surface area contributed by atoms with Crippen LogP contribution >= 0.6 is 0 Å². The minimum atomic E-state index is -3.09. The van der Waals surface area contributed by atoms with Gasteiger partial charge in [0.2, 0.25) is 0 Å². The van der Waals surface area contributed by atoms with Crippen molar-refractivity contribution in [3.63, 3.8) is 0 Å². The van der Waals surface area contributed by atoms with E-state index in [2.05, 4.69) is 9.97 Å². The van der Waals surface area contributed by atoms with Crippen molar-refractivity contribution >= 4 is 26.8 Å². The van der Waals surface area contributed by atoms with E-state index in [1.807, 2.05) is 0 Å². The van der Waals surface area contributed by atoms with Gasteiger partial charge in [-0.05, 0) is 31.5 Å². The predicted molar refractivity (Wildman–Crippen MR) is 89.2 cm³/mol. The van der Waals surface area contributed by atoms with Gasteiger partial charge in [0.1, 0.15) is 17.0 Å². The Morgan fingerprint density at radius 3 is 2.80 bits per heavy atom. The lowest BCUT2D eigenvalue weighted by molar-refractivity contribution is 0.0692. The van der Waals surface area contributed by atoms with Gasteiger partial charge in [0, 0.05) is 0 Å². The molecule has 0 amide bonds. The van der Waals surface area contributed by atoms with Crippen LogP contribution in [0.15, 0.2) is 28.9 Å². The SMILES string of the molecule is Cc1nc2c(C(=O)O)nc(-c3ccco3)cc2n1C1CCS(=O)(=O)C1. The molecule has 130 valence electrons. The third kappa shape index (κ3) is 2.60. The molecule has 0 aromatic carbocycles. The molecule has 4 heterocycles. The van der Waals surface area contributed by atoms with Gasteiger partial charge in [-0.25, -0.2) is 23.2 Å². The van der Waals surface area contributed by atoms with Crippen LogP contribution in [-0.2, 0) is 9.84 Å². The monoisotopic (exact) mass is 361 g/mol. The van der Waals surface area contributed by atoms with Gasteiger partial charge in [-0.2, -0.15) is 0 Å². The van der Waals surface area contributed by atoms with Crippen LogP contribution < -0.4 is 0 Å². The molecule has 1 N–H and O–H groups in total. The summed E-state index contributed by atoms with van der Waals surface area (Å²) in [5.74, 6) is -0.0346. The first kappa shape index (κ1) is 15.8. The Labute approximate surface area is 143 Å². The highest BCUT2D eigenvalue weighted by Crippen LogP contribution is 2.32. The second kappa shape index (κ2) is 5.41. The first-order valence-corrected chi connectivity index (χ1v) is 9.55. The van der Waals surface area contributed by atoms with Gasteiger partial charge in [-0.15, -0.1) is 0 Å². The molecule has 0 bridgehead atoms. The molecule has 8 nitrogen and oxygen atoms in total. The first-order chi connectivity index (χ1) is 11.9. The van der Waals surface area contributed by atoms with Gasteiger partial charge in [0.25, 0.3) is 0 Å². The molecule has 1 fully saturated rings. The Kier molecular flexibility index (Phi) is 3.43. The number of rotatable bonds is 3. The summed E-state index contributed by atoms with van der Waals surface area (Å²) in [6.07, 6.45) is 1.96. The molecule has 3 aromatic heterocycles. The van der Waals surface area contributed by atoms with E-state index in [4.69, 9.17) is 4.42 Å². The van der Waals surface area contributed by atoms with E-state index in [0.29, 0.717) is 29.2 Å². The van der Waals surface area contributed by atoms with Gasteiger partial charge in [-0.3, -0.25) is 0 Å². The van der Waals surface area contributed by atoms with Crippen molar-refractivity contribution in [2.75, 3.05) is 11.5 Å². The number of carbonyl (C=O) groups is 1. The van der Waals surface area contributed by atoms with Crippen molar-refractivity contribution in [2.24, 2.45) is 0 Å². The number of aromatic carboxylic acids is 1. The van der Waals surface area contributed by atoms with Crippen LogP contribution in [0.2, 0.25) is 0 Å². The molecule has 1 atom stereocenters. The molecular weight excluding hydrogens is 346 g/mol. The number of nitrogens with zero attached hydrogens (tertiary/aromatic N) is 3. The van der Waals surface area contributed by atoms with Crippen molar-refractivity contribution in [2.45, 2.75) is 19.4 Å². The largest absolute Gasteiger partial charge is 0.476 e. The fraction of sp³-hybridized carbons (Fsp3) is 0.312. The summed E-state index contributed by atoms with van der Waals surface area (Å²) in [7, 11) is -3.09. The number of fused-ring (bicyclic) bond motifs is 1. The van der Waals surface area contributed by atoms with Crippen molar-refractivity contribution in [1.82, 2.24) is 14.5 Å². The lowest BCUT2D eigenvalue weighted by atomic mass is 10.2. The van der Waals surface area contributed by atoms with Gasteiger partial charge in [0.05, 0.1) is 29.3 Å². The first-order valence-electron chi connectivity index (χ1n) is 7.73. The maximum Gasteiger partial charge on any atom is 0.356 e. The molecule has 1 aliphatic heterocycles. The van der Waals surface area contributed by atoms with Crippen molar-refractivity contribution < 1.29 is 22.7 Å². The summed E-state index contributed by atoms with van der Waals surface area (Å²) in [5.41, 5.74) is 1.01. The molecule has 0 saturated carbocycles. The van der Waals surface area contributed by atoms with Gasteiger partial charge < -0.3 is 14.1 Å². The number of aromatic nitrogens is 3. The molecule has 0 spiro atoms. The number of hydrogen-bond donors (Lipinski definition) is 1. The van der Waals surface area contributed by atoms with Crippen LogP contribution in [0.3, 0.4) is 0 Å². The molecule has 0 radical (unpaired) electrons. The third-order valence-corrected chi connectivity index (χ3v) is 6.15. The number of hydrogen-bond acceptors (Lipinski definition) is 6. The van der Waals surface area contributed by atoms with E-state index in [1.165, 1.54) is 6.26 Å². The van der Waals surface area contributed by atoms with Crippen molar-refractivity contribution in [1.29, 1.82) is 0 Å². The Balaban J connectivity index is 1.98. The highest BCUT2D eigenvalue weighted by Gasteiger charge is 2.32. The number of furan rings is 1. The van der Waals surface area contributed by atoms with Gasteiger partial charge >= 0.3 is 5.97 Å². The maximum atomic E-state index is 11.9. The molecule has 0 aliphatic carbocycles. The van der Waals surface area contributed by atoms with Crippen molar-refractivity contribution in [3.05, 3.63) is 36.0 Å². The molecular formula is C16H15N3O5S. The van der Waals surface area contributed by atoms with Crippen LogP contribution in [0.1, 0.15) is 28.8 Å². The van der Waals surface area contributed by atoms with Crippen LogP contribution in [0.4, 0.5) is 0 Å². The van der Waals surface area contributed by atoms with Gasteiger partial charge in [0.15, 0.2) is 21.3 Å². The Morgan fingerprint density at radius 1 is 1.40 bits per heavy atom. The lowest BCUT2D eigenvalue weighted by Gasteiger charge is -2.14. The van der Waals surface area contributed by atoms with E-state index in [0.717, 1.165) is 0 Å². The predicted octanol–water partition coefficient (Wildman–Crippen LogP) is 2.06. The smallest absolute Gasteiger partial charge is 0.356 e. The second-order valence-electron chi connectivity index (χ2n) is 6.09. The minimum absolute atomic E-state index is 0.0279. The van der Waals surface area contributed by atoms with Crippen LogP contribution in [0, 0.1) is 6.92 Å². The molecule has 9 heteroatoms. The molecule has 1 unspecified atom stereocenters. The Morgan fingerprint density at radius 2 is 2.20 bits per heavy atom. The highest BCUT2D eigenvalue weighted by molar-refractivity contribution is 7.91. The fourth-order valence-corrected chi connectivity index (χ4v) is 5.05. The summed E-state index contributed by atoms with van der Waals surface area (Å²) in [6, 6.07) is 4.82. The normalized spacial score (nSPS) is 19.5. The molecule has 25 heavy (non-hydrogen) atoms. The number of carboxylic acids is 1. The second-order valence-corrected chi connectivity index (χ2v) is 8.32. The summed E-state index contributed by atoms with van der Waals surface area (Å²) >= 11 is 0. The summed E-state index contributed by atoms with van der Waals surface area (Å²) in [4.78, 5) is 20.2. The molecule has 3 aromatic rings. The maximum absolute atomic E-state index is 11.9. The zero-order valence-corrected chi connectivity index (χ0v) is 14.2. The Hall–Kier alpha value is -2.68. The number of carboxylic acid groups (broad SMARTS) is 1. The fourth-order valence-electron chi connectivity index (χ4n) is 3.35. The third-order valence-electron chi connectivity index (χ3n) is 4.40. The molecule has 4 rings (SSSR count). The quantitative estimate of drug-likeness (QED) is 0.759. The topological polar surface area (TPSA) is 115 Å². The highest BCUT2D eigenvalue weighted by atomic mass is 32.2. The summed E-state index contributed by atoms with van der Waals surface area (Å²) in [6.45, 7) is 1.74. The number of pyridine rings is 1. The zero-order valence-electron chi connectivity index (χ0n) is 13.3. The van der Waals surface area contributed by atoms with E-state index in [1.54, 1.807) is 29.7 Å². The number of sulfone groups is 1. The number of imidazole rings is 1.